The number of sulfonamides is 1. The molecule has 1 atom stereocenters. The lowest BCUT2D eigenvalue weighted by molar-refractivity contribution is -0.169. The highest BCUT2D eigenvalue weighted by Crippen LogP contribution is 2.43. The Morgan fingerprint density at radius 3 is 2.25 bits per heavy atom. The third-order valence-electron chi connectivity index (χ3n) is 9.18. The van der Waals surface area contributed by atoms with Crippen molar-refractivity contribution in [1.82, 2.24) is 9.29 Å². The first kappa shape index (κ1) is 44.5. The molecule has 1 N–H and O–H groups in total. The molecule has 4 aromatic rings. The van der Waals surface area contributed by atoms with Crippen molar-refractivity contribution in [3.05, 3.63) is 115 Å². The lowest BCUT2D eigenvalue weighted by Crippen LogP contribution is -2.43. The van der Waals surface area contributed by atoms with E-state index in [1.54, 1.807) is 27.7 Å². The van der Waals surface area contributed by atoms with Gasteiger partial charge >= 0.3 is 0 Å². The summed E-state index contributed by atoms with van der Waals surface area (Å²) < 4.78 is 98.9. The minimum atomic E-state index is -5.36. The Bertz CT molecular complexity index is 2240. The average molecular weight is 899 g/mol. The lowest BCUT2D eigenvalue weighted by atomic mass is 9.84. The minimum Gasteiger partial charge on any atom is -0.492 e. The van der Waals surface area contributed by atoms with Crippen LogP contribution in [0, 0.1) is 23.3 Å². The van der Waals surface area contributed by atoms with Gasteiger partial charge in [-0.05, 0) is 108 Å². The standard InChI is InChI=1S/C41H45BrClF4N3O6S/c1-8-55-31-18-25(39(52)56-41(5,6)7)11-12-30(31)50(20-23-15-27(24-9-10-24)17-28(16-23)40(2,3)4)32(51)22-49(21-26-13-14-48-19-29(26)43)57(53,54)38-33(42)34(44)35(45)36(46)37(38)47/h11-19,24,39,52H,8-10,20-22H2,1-7H3. The number of ether oxygens (including phenoxy) is 2. The van der Waals surface area contributed by atoms with E-state index in [1.807, 2.05) is 12.1 Å². The number of rotatable bonds is 14. The molecule has 1 amide bonds. The van der Waals surface area contributed by atoms with Crippen LogP contribution in [0.2, 0.25) is 5.02 Å². The summed E-state index contributed by atoms with van der Waals surface area (Å²) in [6.45, 7) is 11.5. The molecule has 57 heavy (non-hydrogen) atoms. The Labute approximate surface area is 344 Å². The van der Waals surface area contributed by atoms with Gasteiger partial charge in [0.2, 0.25) is 15.9 Å². The molecule has 1 aliphatic rings. The van der Waals surface area contributed by atoms with Crippen LogP contribution in [0.15, 0.2) is 64.2 Å². The number of carbonyl (C=O) groups is 1. The minimum absolute atomic E-state index is 0.0186. The van der Waals surface area contributed by atoms with Crippen LogP contribution in [-0.4, -0.2) is 47.5 Å². The second-order valence-electron chi connectivity index (χ2n) is 15.8. The van der Waals surface area contributed by atoms with Gasteiger partial charge in [-0.3, -0.25) is 9.78 Å². The summed E-state index contributed by atoms with van der Waals surface area (Å²) in [5.74, 6) is -9.12. The fraction of sp³-hybridized carbons (Fsp3) is 0.415. The molecule has 1 fully saturated rings. The van der Waals surface area contributed by atoms with Gasteiger partial charge in [-0.15, -0.1) is 0 Å². The number of benzene rings is 3. The van der Waals surface area contributed by atoms with Crippen molar-refractivity contribution < 1.29 is 45.4 Å². The predicted octanol–water partition coefficient (Wildman–Crippen LogP) is 9.86. The van der Waals surface area contributed by atoms with E-state index >= 15 is 4.39 Å². The van der Waals surface area contributed by atoms with Gasteiger partial charge in [0.15, 0.2) is 29.6 Å². The van der Waals surface area contributed by atoms with Gasteiger partial charge in [-0.25, -0.2) is 26.0 Å². The first-order chi connectivity index (χ1) is 26.5. The van der Waals surface area contributed by atoms with E-state index in [1.165, 1.54) is 41.6 Å². The molecule has 0 saturated heterocycles. The Balaban J connectivity index is 1.68. The van der Waals surface area contributed by atoms with Crippen molar-refractivity contribution in [3.63, 3.8) is 0 Å². The molecule has 0 aliphatic heterocycles. The molecule has 1 aliphatic carbocycles. The van der Waals surface area contributed by atoms with Crippen LogP contribution < -0.4 is 9.64 Å². The van der Waals surface area contributed by atoms with Crippen molar-refractivity contribution in [2.24, 2.45) is 0 Å². The van der Waals surface area contributed by atoms with Crippen LogP contribution in [0.3, 0.4) is 0 Å². The second-order valence-corrected chi connectivity index (χ2v) is 18.9. The molecule has 1 unspecified atom stereocenters. The van der Waals surface area contributed by atoms with Crippen LogP contribution in [0.5, 0.6) is 5.75 Å². The summed E-state index contributed by atoms with van der Waals surface area (Å²) in [5, 5.41) is 10.9. The van der Waals surface area contributed by atoms with Gasteiger partial charge in [-0.2, -0.15) is 4.31 Å². The Kier molecular flexibility index (Phi) is 13.5. The van der Waals surface area contributed by atoms with Crippen molar-refractivity contribution in [1.29, 1.82) is 0 Å². The number of aliphatic hydroxyl groups is 1. The van der Waals surface area contributed by atoms with Gasteiger partial charge in [0, 0.05) is 24.5 Å². The highest BCUT2D eigenvalue weighted by atomic mass is 79.9. The molecular formula is C41H45BrClF4N3O6S. The number of nitrogens with zero attached hydrogens (tertiary/aromatic N) is 3. The van der Waals surface area contributed by atoms with Gasteiger partial charge in [-0.1, -0.05) is 56.6 Å². The molecule has 0 radical (unpaired) electrons. The number of hydrogen-bond donors (Lipinski definition) is 1. The maximum atomic E-state index is 15.4. The van der Waals surface area contributed by atoms with Crippen molar-refractivity contribution in [2.75, 3.05) is 18.1 Å². The first-order valence-corrected chi connectivity index (χ1v) is 20.8. The molecule has 0 bridgehead atoms. The number of pyridine rings is 1. The Morgan fingerprint density at radius 1 is 0.982 bits per heavy atom. The monoisotopic (exact) mass is 897 g/mol. The highest BCUT2D eigenvalue weighted by molar-refractivity contribution is 9.10. The van der Waals surface area contributed by atoms with Crippen LogP contribution in [0.1, 0.15) is 101 Å². The number of aromatic nitrogens is 1. The molecule has 3 aromatic carbocycles. The van der Waals surface area contributed by atoms with Gasteiger partial charge in [0.25, 0.3) is 0 Å². The molecule has 9 nitrogen and oxygen atoms in total. The summed E-state index contributed by atoms with van der Waals surface area (Å²) in [6.07, 6.45) is 3.16. The van der Waals surface area contributed by atoms with Crippen molar-refractivity contribution >= 4 is 49.1 Å². The SMILES string of the molecule is CCOc1cc(C(O)OC(C)(C)C)ccc1N(Cc1cc(C2CC2)cc(C(C)(C)C)c1)C(=O)CN(Cc1ccncc1Cl)S(=O)(=O)c1c(F)c(F)c(F)c(F)c1Br. The van der Waals surface area contributed by atoms with Crippen LogP contribution >= 0.6 is 27.5 Å². The van der Waals surface area contributed by atoms with E-state index in [4.69, 9.17) is 21.1 Å². The third-order valence-corrected chi connectivity index (χ3v) is 12.4. The van der Waals surface area contributed by atoms with E-state index in [0.717, 1.165) is 24.0 Å². The maximum absolute atomic E-state index is 15.4. The van der Waals surface area contributed by atoms with Crippen molar-refractivity contribution in [2.45, 2.75) is 103 Å². The average Bonchev–Trinajstić information content (AvgIpc) is 3.98. The van der Waals surface area contributed by atoms with Gasteiger partial charge in [0.1, 0.15) is 10.6 Å². The van der Waals surface area contributed by atoms with E-state index < -0.39 is 73.5 Å². The van der Waals surface area contributed by atoms with E-state index in [0.29, 0.717) is 21.4 Å². The zero-order valence-corrected chi connectivity index (χ0v) is 35.8. The molecule has 308 valence electrons. The number of halogens is 6. The van der Waals surface area contributed by atoms with Crippen LogP contribution in [0.25, 0.3) is 0 Å². The summed E-state index contributed by atoms with van der Waals surface area (Å²) in [7, 11) is -5.36. The maximum Gasteiger partial charge on any atom is 0.248 e. The Hall–Kier alpha value is -3.60. The smallest absolute Gasteiger partial charge is 0.248 e. The van der Waals surface area contributed by atoms with E-state index in [9.17, 15) is 31.5 Å². The van der Waals surface area contributed by atoms with Gasteiger partial charge in [0.05, 0.1) is 40.5 Å². The zero-order chi connectivity index (χ0) is 42.2. The number of anilines is 1. The molecule has 5 rings (SSSR count). The van der Waals surface area contributed by atoms with Gasteiger partial charge < -0.3 is 19.5 Å². The van der Waals surface area contributed by atoms with Crippen molar-refractivity contribution in [3.8, 4) is 5.75 Å². The second kappa shape index (κ2) is 17.3. The van der Waals surface area contributed by atoms with Crippen LogP contribution in [0.4, 0.5) is 23.2 Å². The number of amides is 1. The predicted molar refractivity (Wildman–Crippen MR) is 213 cm³/mol. The Morgan fingerprint density at radius 2 is 1.65 bits per heavy atom. The topological polar surface area (TPSA) is 109 Å². The molecule has 16 heteroatoms. The molecule has 1 saturated carbocycles. The largest absolute Gasteiger partial charge is 0.492 e. The molecule has 0 spiro atoms. The highest BCUT2D eigenvalue weighted by Gasteiger charge is 2.38. The molecule has 1 aromatic heterocycles. The first-order valence-electron chi connectivity index (χ1n) is 18.2. The van der Waals surface area contributed by atoms with E-state index in [-0.39, 0.29) is 40.6 Å². The number of carbonyl (C=O) groups excluding carboxylic acids is 1. The molecular weight excluding hydrogens is 854 g/mol. The summed E-state index contributed by atoms with van der Waals surface area (Å²) in [4.78, 5) is 18.5. The summed E-state index contributed by atoms with van der Waals surface area (Å²) in [5.41, 5.74) is 2.43. The fourth-order valence-corrected chi connectivity index (χ4v) is 8.71. The number of aliphatic hydroxyl groups excluding tert-OH is 1. The molecule has 1 heterocycles. The van der Waals surface area contributed by atoms with E-state index in [2.05, 4.69) is 47.8 Å². The third kappa shape index (κ3) is 10.4. The summed E-state index contributed by atoms with van der Waals surface area (Å²) >= 11 is 8.95. The number of hydrogen-bond acceptors (Lipinski definition) is 7. The van der Waals surface area contributed by atoms with Crippen LogP contribution in [-0.2, 0) is 38.1 Å². The quantitative estimate of drug-likeness (QED) is 0.0581. The zero-order valence-electron chi connectivity index (χ0n) is 32.6. The normalized spacial score (nSPS) is 14.2. The lowest BCUT2D eigenvalue weighted by Gasteiger charge is -2.30. The fourth-order valence-electron chi connectivity index (χ4n) is 6.09. The summed E-state index contributed by atoms with van der Waals surface area (Å²) in [6, 6.07) is 12.0.